The van der Waals surface area contributed by atoms with Gasteiger partial charge in [-0.25, -0.2) is 0 Å². The molecule has 70 valence electrons. The van der Waals surface area contributed by atoms with Gasteiger partial charge >= 0.3 is 0 Å². The maximum Gasteiger partial charge on any atom is 0.196 e. The average molecular weight is 186 g/mol. The fourth-order valence-electron chi connectivity index (χ4n) is 1.36. The SMILES string of the molecule is Cc1ccccc1C(=O)c1cn[nH]c1. The number of rotatable bonds is 2. The normalized spacial score (nSPS) is 10.1. The van der Waals surface area contributed by atoms with Crippen molar-refractivity contribution in [1.82, 2.24) is 10.2 Å². The Kier molecular flexibility index (Phi) is 2.14. The van der Waals surface area contributed by atoms with Crippen LogP contribution in [0.2, 0.25) is 0 Å². The number of hydrogen-bond donors (Lipinski definition) is 1. The van der Waals surface area contributed by atoms with E-state index in [-0.39, 0.29) is 5.78 Å². The number of carbonyl (C=O) groups is 1. The van der Waals surface area contributed by atoms with Crippen molar-refractivity contribution in [3.63, 3.8) is 0 Å². The van der Waals surface area contributed by atoms with Crippen LogP contribution in [0.25, 0.3) is 0 Å². The third-order valence-electron chi connectivity index (χ3n) is 2.15. The molecule has 14 heavy (non-hydrogen) atoms. The summed E-state index contributed by atoms with van der Waals surface area (Å²) in [5, 5.41) is 6.38. The summed E-state index contributed by atoms with van der Waals surface area (Å²) < 4.78 is 0. The van der Waals surface area contributed by atoms with Crippen molar-refractivity contribution in [1.29, 1.82) is 0 Å². The molecule has 1 N–H and O–H groups in total. The molecule has 2 aromatic rings. The van der Waals surface area contributed by atoms with Crippen molar-refractivity contribution >= 4 is 5.78 Å². The van der Waals surface area contributed by atoms with Gasteiger partial charge in [0, 0.05) is 11.8 Å². The van der Waals surface area contributed by atoms with Gasteiger partial charge in [0.05, 0.1) is 11.8 Å². The number of carbonyl (C=O) groups excluding carboxylic acids is 1. The highest BCUT2D eigenvalue weighted by Crippen LogP contribution is 2.12. The lowest BCUT2D eigenvalue weighted by molar-refractivity contribution is 0.103. The Morgan fingerprint density at radius 1 is 1.36 bits per heavy atom. The molecule has 1 aromatic heterocycles. The second-order valence-electron chi connectivity index (χ2n) is 3.13. The third kappa shape index (κ3) is 1.44. The molecule has 0 bridgehead atoms. The first-order valence-corrected chi connectivity index (χ1v) is 4.38. The topological polar surface area (TPSA) is 45.8 Å². The van der Waals surface area contributed by atoms with E-state index in [4.69, 9.17) is 0 Å². The molecule has 2 rings (SSSR count). The van der Waals surface area contributed by atoms with E-state index in [0.29, 0.717) is 5.56 Å². The van der Waals surface area contributed by atoms with E-state index in [1.807, 2.05) is 31.2 Å². The first-order chi connectivity index (χ1) is 6.79. The lowest BCUT2D eigenvalue weighted by Crippen LogP contribution is -2.01. The van der Waals surface area contributed by atoms with Crippen LogP contribution in [0.15, 0.2) is 36.7 Å². The summed E-state index contributed by atoms with van der Waals surface area (Å²) in [7, 11) is 0. The van der Waals surface area contributed by atoms with Gasteiger partial charge in [0.2, 0.25) is 0 Å². The van der Waals surface area contributed by atoms with Crippen molar-refractivity contribution in [3.05, 3.63) is 53.3 Å². The molecule has 0 fully saturated rings. The first kappa shape index (κ1) is 8.69. The lowest BCUT2D eigenvalue weighted by Gasteiger charge is -2.01. The molecule has 0 aliphatic rings. The standard InChI is InChI=1S/C11H10N2O/c1-8-4-2-3-5-10(8)11(14)9-6-12-13-7-9/h2-7H,1H3,(H,12,13). The predicted octanol–water partition coefficient (Wildman–Crippen LogP) is 1.95. The van der Waals surface area contributed by atoms with Crippen molar-refractivity contribution in [2.75, 3.05) is 0 Å². The van der Waals surface area contributed by atoms with E-state index >= 15 is 0 Å². The van der Waals surface area contributed by atoms with Gasteiger partial charge in [-0.1, -0.05) is 24.3 Å². The summed E-state index contributed by atoms with van der Waals surface area (Å²) in [6.45, 7) is 1.92. The number of nitrogens with zero attached hydrogens (tertiary/aromatic N) is 1. The number of aromatic amines is 1. The van der Waals surface area contributed by atoms with Crippen LogP contribution in [0.3, 0.4) is 0 Å². The van der Waals surface area contributed by atoms with Gasteiger partial charge < -0.3 is 0 Å². The number of nitrogens with one attached hydrogen (secondary N) is 1. The van der Waals surface area contributed by atoms with E-state index in [1.54, 1.807) is 6.20 Å². The predicted molar refractivity (Wildman–Crippen MR) is 53.2 cm³/mol. The van der Waals surface area contributed by atoms with Crippen LogP contribution in [-0.2, 0) is 0 Å². The summed E-state index contributed by atoms with van der Waals surface area (Å²) in [6, 6.07) is 7.53. The molecule has 1 heterocycles. The Hall–Kier alpha value is -1.90. The Morgan fingerprint density at radius 2 is 2.14 bits per heavy atom. The zero-order valence-electron chi connectivity index (χ0n) is 7.82. The summed E-state index contributed by atoms with van der Waals surface area (Å²) >= 11 is 0. The highest BCUT2D eigenvalue weighted by atomic mass is 16.1. The quantitative estimate of drug-likeness (QED) is 0.728. The van der Waals surface area contributed by atoms with Gasteiger partial charge in [-0.2, -0.15) is 5.10 Å². The van der Waals surface area contributed by atoms with Crippen LogP contribution in [0, 0.1) is 6.92 Å². The molecule has 1 aromatic carbocycles. The van der Waals surface area contributed by atoms with Crippen molar-refractivity contribution in [2.45, 2.75) is 6.92 Å². The van der Waals surface area contributed by atoms with Gasteiger partial charge in [-0.05, 0) is 12.5 Å². The number of ketones is 1. The summed E-state index contributed by atoms with van der Waals surface area (Å²) in [6.07, 6.45) is 3.14. The van der Waals surface area contributed by atoms with Crippen LogP contribution in [0.1, 0.15) is 21.5 Å². The third-order valence-corrected chi connectivity index (χ3v) is 2.15. The molecule has 0 radical (unpaired) electrons. The minimum atomic E-state index is 0.0110. The first-order valence-electron chi connectivity index (χ1n) is 4.38. The summed E-state index contributed by atoms with van der Waals surface area (Å²) in [5.74, 6) is 0.0110. The summed E-state index contributed by atoms with van der Waals surface area (Å²) in [4.78, 5) is 11.9. The molecule has 0 unspecified atom stereocenters. The maximum atomic E-state index is 11.9. The molecule has 3 heteroatoms. The summed E-state index contributed by atoms with van der Waals surface area (Å²) in [5.41, 5.74) is 2.31. The molecule has 0 saturated heterocycles. The molecule has 0 amide bonds. The Balaban J connectivity index is 2.42. The Morgan fingerprint density at radius 3 is 2.79 bits per heavy atom. The monoisotopic (exact) mass is 186 g/mol. The van der Waals surface area contributed by atoms with Crippen LogP contribution in [-0.4, -0.2) is 16.0 Å². The fraction of sp³-hybridized carbons (Fsp3) is 0.0909. The molecule has 0 spiro atoms. The average Bonchev–Trinajstić information content (AvgIpc) is 2.70. The lowest BCUT2D eigenvalue weighted by atomic mass is 10.0. The number of aromatic nitrogens is 2. The molecule has 0 aliphatic heterocycles. The second kappa shape index (κ2) is 3.46. The van der Waals surface area contributed by atoms with Gasteiger partial charge in [0.1, 0.15) is 0 Å². The van der Waals surface area contributed by atoms with E-state index in [0.717, 1.165) is 11.1 Å². The molecule has 0 atom stereocenters. The minimum Gasteiger partial charge on any atom is -0.288 e. The highest BCUT2D eigenvalue weighted by Gasteiger charge is 2.11. The Labute approximate surface area is 81.8 Å². The van der Waals surface area contributed by atoms with E-state index in [2.05, 4.69) is 10.2 Å². The smallest absolute Gasteiger partial charge is 0.196 e. The van der Waals surface area contributed by atoms with Crippen LogP contribution >= 0.6 is 0 Å². The molecule has 3 nitrogen and oxygen atoms in total. The fourth-order valence-corrected chi connectivity index (χ4v) is 1.36. The molecule has 0 saturated carbocycles. The van der Waals surface area contributed by atoms with Crippen LogP contribution in [0.5, 0.6) is 0 Å². The van der Waals surface area contributed by atoms with Gasteiger partial charge in [-0.15, -0.1) is 0 Å². The molecule has 0 aliphatic carbocycles. The van der Waals surface area contributed by atoms with E-state index in [1.165, 1.54) is 6.20 Å². The molecular weight excluding hydrogens is 176 g/mol. The number of benzene rings is 1. The van der Waals surface area contributed by atoms with Gasteiger partial charge in [0.25, 0.3) is 0 Å². The zero-order valence-corrected chi connectivity index (χ0v) is 7.82. The number of aryl methyl sites for hydroxylation is 1. The van der Waals surface area contributed by atoms with Crippen LogP contribution in [0.4, 0.5) is 0 Å². The van der Waals surface area contributed by atoms with Crippen molar-refractivity contribution < 1.29 is 4.79 Å². The largest absolute Gasteiger partial charge is 0.288 e. The second-order valence-corrected chi connectivity index (χ2v) is 3.13. The van der Waals surface area contributed by atoms with E-state index in [9.17, 15) is 4.79 Å². The Bertz CT molecular complexity index is 446. The van der Waals surface area contributed by atoms with Crippen molar-refractivity contribution in [2.24, 2.45) is 0 Å². The maximum absolute atomic E-state index is 11.9. The van der Waals surface area contributed by atoms with Crippen molar-refractivity contribution in [3.8, 4) is 0 Å². The van der Waals surface area contributed by atoms with Gasteiger partial charge in [0.15, 0.2) is 5.78 Å². The zero-order chi connectivity index (χ0) is 9.97. The minimum absolute atomic E-state index is 0.0110. The van der Waals surface area contributed by atoms with Gasteiger partial charge in [-0.3, -0.25) is 9.89 Å². The van der Waals surface area contributed by atoms with E-state index < -0.39 is 0 Å². The number of hydrogen-bond acceptors (Lipinski definition) is 2. The highest BCUT2D eigenvalue weighted by molar-refractivity contribution is 6.09. The molecular formula is C11H10N2O. The van der Waals surface area contributed by atoms with Crippen LogP contribution < -0.4 is 0 Å². The number of H-pyrrole nitrogens is 1.